The van der Waals surface area contributed by atoms with Crippen LogP contribution in [0.4, 0.5) is 5.69 Å². The average molecular weight is 274 g/mol. The predicted molar refractivity (Wildman–Crippen MR) is 58.1 cm³/mol. The Hall–Kier alpha value is -2.49. The van der Waals surface area contributed by atoms with E-state index in [0.29, 0.717) is 5.56 Å². The molecular formula is C8H6N2O7S. The van der Waals surface area contributed by atoms with Gasteiger partial charge in [0.15, 0.2) is 0 Å². The van der Waals surface area contributed by atoms with Crippen molar-refractivity contribution in [1.82, 2.24) is 0 Å². The molecule has 1 N–H and O–H groups in total. The number of hydrogen-bond donors (Lipinski definition) is 1. The summed E-state index contributed by atoms with van der Waals surface area (Å²) in [6, 6.07) is 3.78. The first-order chi connectivity index (χ1) is 8.24. The van der Waals surface area contributed by atoms with Crippen molar-refractivity contribution in [2.24, 2.45) is 0 Å². The fraction of sp³-hybridized carbons (Fsp3) is 0. The zero-order chi connectivity index (χ0) is 13.9. The van der Waals surface area contributed by atoms with Gasteiger partial charge in [-0.1, -0.05) is 0 Å². The Morgan fingerprint density at radius 1 is 1.17 bits per heavy atom. The Labute approximate surface area is 100 Å². The van der Waals surface area contributed by atoms with Crippen LogP contribution in [0.3, 0.4) is 0 Å². The molecular weight excluding hydrogens is 268 g/mol. The van der Waals surface area contributed by atoms with Gasteiger partial charge in [0.25, 0.3) is 10.8 Å². The fourth-order valence-electron chi connectivity index (χ4n) is 1.26. The van der Waals surface area contributed by atoms with Gasteiger partial charge in [-0.05, 0) is 17.7 Å². The second kappa shape index (κ2) is 4.79. The van der Waals surface area contributed by atoms with Crippen LogP contribution in [0.15, 0.2) is 28.5 Å². The van der Waals surface area contributed by atoms with E-state index < -0.39 is 19.8 Å². The minimum absolute atomic E-state index is 0.00620. The molecule has 0 radical (unpaired) electrons. The number of sulfone groups is 1. The van der Waals surface area contributed by atoms with E-state index in [9.17, 15) is 18.5 Å². The molecule has 0 amide bonds. The third-order valence-corrected chi connectivity index (χ3v) is 3.40. The van der Waals surface area contributed by atoms with Gasteiger partial charge in [-0.3, -0.25) is 10.1 Å². The summed E-state index contributed by atoms with van der Waals surface area (Å²) in [5.74, 6) is 0. The quantitative estimate of drug-likeness (QED) is 0.594. The van der Waals surface area contributed by atoms with E-state index in [-0.39, 0.29) is 10.6 Å². The molecule has 0 atom stereocenters. The number of nitro groups is 1. The van der Waals surface area contributed by atoms with Gasteiger partial charge >= 0.3 is 0 Å². The Morgan fingerprint density at radius 3 is 2.22 bits per heavy atom. The molecule has 2 rings (SSSR count). The van der Waals surface area contributed by atoms with Crippen LogP contribution >= 0.6 is 0 Å². The van der Waals surface area contributed by atoms with Gasteiger partial charge in [0, 0.05) is 17.5 Å². The maximum absolute atomic E-state index is 11.3. The lowest BCUT2D eigenvalue weighted by Crippen LogP contribution is -1.95. The molecule has 1 aromatic carbocycles. The zero-order valence-corrected chi connectivity index (χ0v) is 9.40. The second-order valence-electron chi connectivity index (χ2n) is 3.06. The van der Waals surface area contributed by atoms with Gasteiger partial charge in [0.1, 0.15) is 0 Å². The third kappa shape index (κ3) is 3.01. The van der Waals surface area contributed by atoms with Gasteiger partial charge in [-0.15, -0.1) is 10.1 Å². The van der Waals surface area contributed by atoms with E-state index in [0.717, 1.165) is 11.5 Å². The first kappa shape index (κ1) is 13.6. The van der Waals surface area contributed by atoms with Crippen molar-refractivity contribution < 1.29 is 23.6 Å². The first-order valence-corrected chi connectivity index (χ1v) is 5.83. The van der Waals surface area contributed by atoms with Gasteiger partial charge in [0.2, 0.25) is 9.84 Å². The van der Waals surface area contributed by atoms with E-state index in [1.807, 2.05) is 0 Å². The number of benzene rings is 1. The maximum atomic E-state index is 11.3. The lowest BCUT2D eigenvalue weighted by Gasteiger charge is -1.97. The van der Waals surface area contributed by atoms with Gasteiger partial charge in [-0.25, -0.2) is 8.42 Å². The van der Waals surface area contributed by atoms with E-state index in [4.69, 9.17) is 15.3 Å². The molecule has 0 spiro atoms. The Balaban J connectivity index is 0.000000357. The summed E-state index contributed by atoms with van der Waals surface area (Å²) in [5, 5.41) is 25.1. The highest BCUT2D eigenvalue weighted by Gasteiger charge is 2.23. The summed E-state index contributed by atoms with van der Waals surface area (Å²) >= 11 is 0. The minimum atomic E-state index is -3.45. The van der Waals surface area contributed by atoms with Gasteiger partial charge in [0.05, 0.1) is 9.82 Å². The molecule has 0 saturated heterocycles. The van der Waals surface area contributed by atoms with Crippen molar-refractivity contribution in [2.45, 2.75) is 4.90 Å². The van der Waals surface area contributed by atoms with Crippen LogP contribution in [0, 0.1) is 20.2 Å². The van der Waals surface area contributed by atoms with E-state index >= 15 is 0 Å². The van der Waals surface area contributed by atoms with E-state index in [1.54, 1.807) is 0 Å². The molecule has 0 aliphatic carbocycles. The van der Waals surface area contributed by atoms with Gasteiger partial charge < -0.3 is 5.21 Å². The van der Waals surface area contributed by atoms with Crippen LogP contribution in [0.2, 0.25) is 0 Å². The number of nitro benzene ring substituents is 1. The number of rotatable bonds is 1. The van der Waals surface area contributed by atoms with Crippen molar-refractivity contribution in [2.75, 3.05) is 0 Å². The Morgan fingerprint density at radius 2 is 1.72 bits per heavy atom. The highest BCUT2D eigenvalue weighted by atomic mass is 32.2. The van der Waals surface area contributed by atoms with Crippen molar-refractivity contribution in [1.29, 1.82) is 0 Å². The highest BCUT2D eigenvalue weighted by Crippen LogP contribution is 2.29. The van der Waals surface area contributed by atoms with E-state index in [1.165, 1.54) is 18.2 Å². The summed E-state index contributed by atoms with van der Waals surface area (Å²) in [7, 11) is -3.45. The smallest absolute Gasteiger partial charge is 0.291 e. The molecule has 1 heterocycles. The minimum Gasteiger partial charge on any atom is -0.328 e. The molecule has 10 heteroatoms. The van der Waals surface area contributed by atoms with Crippen LogP contribution in [0.5, 0.6) is 0 Å². The average Bonchev–Trinajstić information content (AvgIpc) is 2.54. The predicted octanol–water partition coefficient (Wildman–Crippen LogP) is 1.01. The summed E-state index contributed by atoms with van der Waals surface area (Å²) < 4.78 is 22.6. The summed E-state index contributed by atoms with van der Waals surface area (Å²) in [6.45, 7) is 0. The SMILES string of the molecule is O=[N+]([O-])O.O=[N+]([O-])c1ccc2c(c1)S(=O)(=O)C=C2. The van der Waals surface area contributed by atoms with Crippen molar-refractivity contribution in [3.05, 3.63) is 49.4 Å². The Bertz CT molecular complexity index is 631. The lowest BCUT2D eigenvalue weighted by atomic mass is 10.2. The molecule has 1 aromatic rings. The molecule has 96 valence electrons. The molecule has 1 aliphatic heterocycles. The summed E-state index contributed by atoms with van der Waals surface area (Å²) in [4.78, 5) is 18.2. The number of hydrogen-bond acceptors (Lipinski definition) is 6. The normalized spacial score (nSPS) is 14.2. The van der Waals surface area contributed by atoms with Crippen LogP contribution < -0.4 is 0 Å². The molecule has 0 aromatic heterocycles. The molecule has 0 bridgehead atoms. The van der Waals surface area contributed by atoms with Crippen molar-refractivity contribution in [3.63, 3.8) is 0 Å². The third-order valence-electron chi connectivity index (χ3n) is 1.94. The largest absolute Gasteiger partial charge is 0.328 e. The van der Waals surface area contributed by atoms with Crippen LogP contribution in [-0.4, -0.2) is 23.6 Å². The van der Waals surface area contributed by atoms with Crippen LogP contribution in [0.25, 0.3) is 6.08 Å². The maximum Gasteiger partial charge on any atom is 0.291 e. The lowest BCUT2D eigenvalue weighted by molar-refractivity contribution is -0.742. The Kier molecular flexibility index (Phi) is 3.61. The van der Waals surface area contributed by atoms with Gasteiger partial charge in [-0.2, -0.15) is 0 Å². The van der Waals surface area contributed by atoms with Crippen molar-refractivity contribution >= 4 is 21.6 Å². The summed E-state index contributed by atoms with van der Waals surface area (Å²) in [6.07, 6.45) is 1.42. The molecule has 18 heavy (non-hydrogen) atoms. The number of non-ortho nitro benzene ring substituents is 1. The fourth-order valence-corrected chi connectivity index (χ4v) is 2.48. The standard InChI is InChI=1S/C8H5NO4S.HNO3/c10-9(11)7-2-1-6-3-4-14(12,13)8(6)5-7;2-1(3)4/h1-5H;(H,2,3,4). The molecule has 0 fully saturated rings. The first-order valence-electron chi connectivity index (χ1n) is 4.29. The zero-order valence-electron chi connectivity index (χ0n) is 8.59. The van der Waals surface area contributed by atoms with Crippen LogP contribution in [-0.2, 0) is 9.84 Å². The molecule has 1 aliphatic rings. The summed E-state index contributed by atoms with van der Waals surface area (Å²) in [5.41, 5.74) is 0.284. The molecule has 9 nitrogen and oxygen atoms in total. The number of fused-ring (bicyclic) bond motifs is 1. The highest BCUT2D eigenvalue weighted by molar-refractivity contribution is 7.94. The second-order valence-corrected chi connectivity index (χ2v) is 4.87. The van der Waals surface area contributed by atoms with E-state index in [2.05, 4.69) is 0 Å². The molecule has 0 unspecified atom stereocenters. The van der Waals surface area contributed by atoms with Crippen LogP contribution in [0.1, 0.15) is 5.56 Å². The number of nitrogens with zero attached hydrogens (tertiary/aromatic N) is 2. The topological polar surface area (TPSA) is 141 Å². The molecule has 0 saturated carbocycles. The monoisotopic (exact) mass is 274 g/mol. The van der Waals surface area contributed by atoms with Crippen molar-refractivity contribution in [3.8, 4) is 0 Å².